The molecule has 3 rings (SSSR count). The van der Waals surface area contributed by atoms with Crippen molar-refractivity contribution in [2.45, 2.75) is 6.92 Å². The first-order valence-electron chi connectivity index (χ1n) is 6.96. The van der Waals surface area contributed by atoms with Gasteiger partial charge in [-0.05, 0) is 43.3 Å². The van der Waals surface area contributed by atoms with Crippen LogP contribution in [0.15, 0.2) is 42.6 Å². The number of carbonyl (C=O) groups excluding carboxylic acids is 1. The van der Waals surface area contributed by atoms with E-state index < -0.39 is 5.97 Å². The summed E-state index contributed by atoms with van der Waals surface area (Å²) in [6.45, 7) is 1.86. The van der Waals surface area contributed by atoms with E-state index in [0.717, 1.165) is 5.69 Å². The maximum Gasteiger partial charge on any atom is 0.341 e. The lowest BCUT2D eigenvalue weighted by Gasteiger charge is -2.13. The molecule has 0 spiro atoms. The van der Waals surface area contributed by atoms with Gasteiger partial charge in [0, 0.05) is 23.0 Å². The van der Waals surface area contributed by atoms with Crippen LogP contribution in [0.3, 0.4) is 0 Å². The molecule has 0 amide bonds. The number of rotatable bonds is 3. The van der Waals surface area contributed by atoms with Crippen LogP contribution >= 0.6 is 0 Å². The monoisotopic (exact) mass is 311 g/mol. The number of hydrogen-bond donors (Lipinski definition) is 1. The highest BCUT2D eigenvalue weighted by molar-refractivity contribution is 6.05. The fourth-order valence-corrected chi connectivity index (χ4v) is 2.25. The fraction of sp³-hybridized carbons (Fsp3) is 0.118. The Morgan fingerprint density at radius 1 is 1.17 bits per heavy atom. The molecule has 23 heavy (non-hydrogen) atoms. The summed E-state index contributed by atoms with van der Waals surface area (Å²) in [7, 11) is 1.31. The summed E-state index contributed by atoms with van der Waals surface area (Å²) >= 11 is 0. The molecule has 0 saturated heterocycles. The number of ether oxygens (including phenoxy) is 1. The number of fused-ring (bicyclic) bond motifs is 1. The molecule has 0 bridgehead atoms. The van der Waals surface area contributed by atoms with Crippen molar-refractivity contribution in [3.05, 3.63) is 59.7 Å². The van der Waals surface area contributed by atoms with Crippen LogP contribution in [0.2, 0.25) is 0 Å². The SMILES string of the molecule is COC(=O)c1cnc2nc(C)ccc2c1Nc1ccc(F)cc1. The van der Waals surface area contributed by atoms with E-state index in [9.17, 15) is 9.18 Å². The predicted molar refractivity (Wildman–Crippen MR) is 85.3 cm³/mol. The number of aromatic nitrogens is 2. The second-order valence-electron chi connectivity index (χ2n) is 4.99. The molecule has 0 radical (unpaired) electrons. The molecule has 0 aliphatic rings. The Kier molecular flexibility index (Phi) is 3.89. The van der Waals surface area contributed by atoms with Gasteiger partial charge in [-0.1, -0.05) is 0 Å². The first-order chi connectivity index (χ1) is 11.1. The summed E-state index contributed by atoms with van der Waals surface area (Å²) in [6.07, 6.45) is 1.42. The van der Waals surface area contributed by atoms with Crippen molar-refractivity contribution < 1.29 is 13.9 Å². The minimum absolute atomic E-state index is 0.287. The van der Waals surface area contributed by atoms with Crippen LogP contribution in [0, 0.1) is 12.7 Å². The van der Waals surface area contributed by atoms with Crippen molar-refractivity contribution in [1.29, 1.82) is 0 Å². The van der Waals surface area contributed by atoms with E-state index in [1.165, 1.54) is 25.4 Å². The van der Waals surface area contributed by atoms with E-state index in [1.807, 2.05) is 19.1 Å². The molecule has 116 valence electrons. The summed E-state index contributed by atoms with van der Waals surface area (Å²) in [5.41, 5.74) is 2.80. The topological polar surface area (TPSA) is 64.1 Å². The minimum Gasteiger partial charge on any atom is -0.465 e. The number of halogens is 1. The number of pyridine rings is 2. The van der Waals surface area contributed by atoms with E-state index in [-0.39, 0.29) is 11.4 Å². The Hall–Kier alpha value is -3.02. The van der Waals surface area contributed by atoms with Crippen molar-refractivity contribution in [3.8, 4) is 0 Å². The molecule has 1 N–H and O–H groups in total. The third-order valence-electron chi connectivity index (χ3n) is 3.39. The van der Waals surface area contributed by atoms with Crippen LogP contribution < -0.4 is 5.32 Å². The number of hydrogen-bond acceptors (Lipinski definition) is 5. The van der Waals surface area contributed by atoms with Crippen molar-refractivity contribution in [3.63, 3.8) is 0 Å². The Balaban J connectivity index is 2.17. The molecule has 0 unspecified atom stereocenters. The maximum atomic E-state index is 13.1. The van der Waals surface area contributed by atoms with Crippen LogP contribution in [0.1, 0.15) is 16.1 Å². The molecular weight excluding hydrogens is 297 g/mol. The molecule has 2 aromatic heterocycles. The zero-order valence-electron chi connectivity index (χ0n) is 12.6. The lowest BCUT2D eigenvalue weighted by atomic mass is 10.1. The summed E-state index contributed by atoms with van der Waals surface area (Å²) in [5, 5.41) is 3.81. The number of aryl methyl sites for hydroxylation is 1. The van der Waals surface area contributed by atoms with Gasteiger partial charge in [0.15, 0.2) is 5.65 Å². The van der Waals surface area contributed by atoms with Gasteiger partial charge in [-0.3, -0.25) is 0 Å². The average molecular weight is 311 g/mol. The highest BCUT2D eigenvalue weighted by atomic mass is 19.1. The van der Waals surface area contributed by atoms with Crippen LogP contribution in [0.25, 0.3) is 11.0 Å². The standard InChI is InChI=1S/C17H14FN3O2/c1-10-3-8-13-15(21-12-6-4-11(18)5-7-12)14(17(22)23-2)9-19-16(13)20-10/h3-9H,1-2H3,(H,19,20,21). The van der Waals surface area contributed by atoms with E-state index in [4.69, 9.17) is 4.74 Å². The molecule has 0 aliphatic carbocycles. The molecule has 0 fully saturated rings. The molecule has 5 nitrogen and oxygen atoms in total. The van der Waals surface area contributed by atoms with Gasteiger partial charge < -0.3 is 10.1 Å². The van der Waals surface area contributed by atoms with Crippen molar-refractivity contribution in [1.82, 2.24) is 9.97 Å². The molecule has 0 atom stereocenters. The second kappa shape index (κ2) is 6.00. The molecule has 1 aromatic carbocycles. The van der Waals surface area contributed by atoms with E-state index in [0.29, 0.717) is 22.4 Å². The maximum absolute atomic E-state index is 13.1. The molecule has 3 aromatic rings. The molecule has 6 heteroatoms. The number of esters is 1. The van der Waals surface area contributed by atoms with Gasteiger partial charge in [0.2, 0.25) is 0 Å². The van der Waals surface area contributed by atoms with Gasteiger partial charge in [0.25, 0.3) is 0 Å². The van der Waals surface area contributed by atoms with Gasteiger partial charge in [0.05, 0.1) is 12.8 Å². The molecule has 2 heterocycles. The third kappa shape index (κ3) is 2.96. The Labute approximate surface area is 132 Å². The highest BCUT2D eigenvalue weighted by Crippen LogP contribution is 2.29. The van der Waals surface area contributed by atoms with E-state index in [1.54, 1.807) is 12.1 Å². The fourth-order valence-electron chi connectivity index (χ4n) is 2.25. The second-order valence-corrected chi connectivity index (χ2v) is 4.99. The summed E-state index contributed by atoms with van der Waals surface area (Å²) in [6, 6.07) is 9.52. The first-order valence-corrected chi connectivity index (χ1v) is 6.96. The number of carbonyl (C=O) groups is 1. The largest absolute Gasteiger partial charge is 0.465 e. The molecule has 0 saturated carbocycles. The van der Waals surface area contributed by atoms with Crippen LogP contribution in [-0.4, -0.2) is 23.0 Å². The number of nitrogens with zero attached hydrogens (tertiary/aromatic N) is 2. The predicted octanol–water partition coefficient (Wildman–Crippen LogP) is 3.61. The average Bonchev–Trinajstić information content (AvgIpc) is 2.56. The Bertz CT molecular complexity index is 879. The van der Waals surface area contributed by atoms with Gasteiger partial charge in [0.1, 0.15) is 11.4 Å². The lowest BCUT2D eigenvalue weighted by Crippen LogP contribution is -2.08. The van der Waals surface area contributed by atoms with E-state index in [2.05, 4.69) is 15.3 Å². The van der Waals surface area contributed by atoms with Crippen molar-refractivity contribution in [2.75, 3.05) is 12.4 Å². The molecule has 0 aliphatic heterocycles. The van der Waals surface area contributed by atoms with Crippen molar-refractivity contribution in [2.24, 2.45) is 0 Å². The van der Waals surface area contributed by atoms with Gasteiger partial charge in [-0.15, -0.1) is 0 Å². The number of nitrogens with one attached hydrogen (secondary N) is 1. The van der Waals surface area contributed by atoms with E-state index >= 15 is 0 Å². The third-order valence-corrected chi connectivity index (χ3v) is 3.39. The number of benzene rings is 1. The van der Waals surface area contributed by atoms with Gasteiger partial charge in [-0.2, -0.15) is 0 Å². The highest BCUT2D eigenvalue weighted by Gasteiger charge is 2.17. The van der Waals surface area contributed by atoms with Crippen LogP contribution in [-0.2, 0) is 4.74 Å². The van der Waals surface area contributed by atoms with Crippen molar-refractivity contribution >= 4 is 28.4 Å². The minimum atomic E-state index is -0.510. The summed E-state index contributed by atoms with van der Waals surface area (Å²) in [4.78, 5) is 20.6. The first kappa shape index (κ1) is 14.9. The summed E-state index contributed by atoms with van der Waals surface area (Å²) in [5.74, 6) is -0.842. The van der Waals surface area contributed by atoms with Gasteiger partial charge >= 0.3 is 5.97 Å². The van der Waals surface area contributed by atoms with Gasteiger partial charge in [-0.25, -0.2) is 19.2 Å². The zero-order valence-corrected chi connectivity index (χ0v) is 12.6. The summed E-state index contributed by atoms with van der Waals surface area (Å²) < 4.78 is 17.9. The lowest BCUT2D eigenvalue weighted by molar-refractivity contribution is 0.0601. The smallest absolute Gasteiger partial charge is 0.341 e. The Morgan fingerprint density at radius 3 is 2.61 bits per heavy atom. The van der Waals surface area contributed by atoms with Crippen LogP contribution in [0.5, 0.6) is 0 Å². The number of anilines is 2. The molecular formula is C17H14FN3O2. The normalized spacial score (nSPS) is 10.6. The quantitative estimate of drug-likeness (QED) is 0.749. The number of methoxy groups -OCH3 is 1. The van der Waals surface area contributed by atoms with Crippen LogP contribution in [0.4, 0.5) is 15.8 Å². The zero-order chi connectivity index (χ0) is 16.4. The Morgan fingerprint density at radius 2 is 1.91 bits per heavy atom.